The molecule has 1 unspecified atom stereocenters. The first-order valence-corrected chi connectivity index (χ1v) is 25.0. The highest BCUT2D eigenvalue weighted by Gasteiger charge is 2.27. The SMILES string of the molecule is CCCC(CN(CCNC(=O)c1ccn(C)c(=O)c1OCc1ccccc1)CCNC(=O)c1ccn(C)c(=O)c1OCc1ccccc1)NC(=O)c1ccc(C(=O)O)c(OCc2ccccc2)c1OCc1ccccc1. The fraction of sp³-hybridized carbons (Fsp3) is 0.254. The Hall–Kier alpha value is -8.96. The standard InChI is InChI=1S/C59H62N6O11/c1-4-17-45(62-56(68)46-26-27-49(59(71)72)51(74-38-42-20-11-6-12-21-42)50(46)73-37-41-18-9-5-10-19-41)36-65(34-30-60-54(66)47-28-32-63(2)57(69)52(47)75-39-43-22-13-7-14-23-43)35-31-61-55(67)48-29-33-64(3)58(70)53(48)76-40-44-24-15-8-16-25-44/h5-16,18-29,32-33,45H,4,17,30-31,34-40H2,1-3H3,(H,60,66)(H,61,67)(H,62,68)(H,71,72). The summed E-state index contributed by atoms with van der Waals surface area (Å²) in [5.74, 6) is -3.25. The summed E-state index contributed by atoms with van der Waals surface area (Å²) < 4.78 is 27.1. The van der Waals surface area contributed by atoms with Gasteiger partial charge in [-0.15, -0.1) is 0 Å². The van der Waals surface area contributed by atoms with E-state index in [9.17, 15) is 33.9 Å². The van der Waals surface area contributed by atoms with Crippen molar-refractivity contribution < 1.29 is 43.2 Å². The molecule has 0 saturated carbocycles. The van der Waals surface area contributed by atoms with Crippen LogP contribution in [0.2, 0.25) is 0 Å². The first-order valence-electron chi connectivity index (χ1n) is 25.0. The lowest BCUT2D eigenvalue weighted by Crippen LogP contribution is -2.48. The number of nitrogens with one attached hydrogen (secondary N) is 3. The van der Waals surface area contributed by atoms with Crippen molar-refractivity contribution in [2.75, 3.05) is 32.7 Å². The van der Waals surface area contributed by atoms with Gasteiger partial charge in [0, 0.05) is 65.3 Å². The molecule has 0 radical (unpaired) electrons. The number of hydrogen-bond acceptors (Lipinski definition) is 11. The van der Waals surface area contributed by atoms with Crippen LogP contribution in [0.15, 0.2) is 168 Å². The minimum Gasteiger partial charge on any atom is -0.484 e. The predicted molar refractivity (Wildman–Crippen MR) is 287 cm³/mol. The Morgan fingerprint density at radius 2 is 0.855 bits per heavy atom. The predicted octanol–water partition coefficient (Wildman–Crippen LogP) is 7.16. The van der Waals surface area contributed by atoms with Crippen LogP contribution in [0.3, 0.4) is 0 Å². The van der Waals surface area contributed by atoms with E-state index in [2.05, 4.69) is 16.0 Å². The average molecular weight is 1030 g/mol. The van der Waals surface area contributed by atoms with Crippen molar-refractivity contribution in [3.8, 4) is 23.0 Å². The van der Waals surface area contributed by atoms with E-state index in [1.807, 2.05) is 133 Å². The summed E-state index contributed by atoms with van der Waals surface area (Å²) in [5, 5.41) is 19.3. The van der Waals surface area contributed by atoms with Gasteiger partial charge < -0.3 is 49.1 Å². The van der Waals surface area contributed by atoms with Crippen molar-refractivity contribution in [2.45, 2.75) is 52.2 Å². The number of ether oxygens (including phenoxy) is 4. The molecule has 2 aromatic heterocycles. The molecule has 4 N–H and O–H groups in total. The number of carboxylic acids is 1. The third-order valence-electron chi connectivity index (χ3n) is 12.3. The minimum atomic E-state index is -1.27. The van der Waals surface area contributed by atoms with Crippen molar-refractivity contribution in [3.05, 3.63) is 223 Å². The molecule has 0 bridgehead atoms. The smallest absolute Gasteiger partial charge is 0.339 e. The van der Waals surface area contributed by atoms with Crippen LogP contribution in [0.25, 0.3) is 0 Å². The summed E-state index contributed by atoms with van der Waals surface area (Å²) in [6.45, 7) is 2.93. The van der Waals surface area contributed by atoms with Crippen molar-refractivity contribution in [1.82, 2.24) is 30.0 Å². The molecule has 0 aliphatic carbocycles. The summed E-state index contributed by atoms with van der Waals surface area (Å²) in [4.78, 5) is 83.6. The Kier molecular flexibility index (Phi) is 19.7. The van der Waals surface area contributed by atoms with Gasteiger partial charge in [-0.1, -0.05) is 135 Å². The molecular formula is C59H62N6O11. The Labute approximate surface area is 440 Å². The zero-order valence-corrected chi connectivity index (χ0v) is 42.7. The number of nitrogens with zero attached hydrogens (tertiary/aromatic N) is 3. The van der Waals surface area contributed by atoms with Crippen LogP contribution in [0, 0.1) is 0 Å². The maximum Gasteiger partial charge on any atom is 0.339 e. The second-order valence-electron chi connectivity index (χ2n) is 17.9. The fourth-order valence-corrected chi connectivity index (χ4v) is 8.23. The van der Waals surface area contributed by atoms with Gasteiger partial charge in [0.05, 0.1) is 16.7 Å². The van der Waals surface area contributed by atoms with E-state index >= 15 is 0 Å². The topological polar surface area (TPSA) is 209 Å². The number of benzene rings is 5. The van der Waals surface area contributed by atoms with E-state index in [4.69, 9.17) is 18.9 Å². The highest BCUT2D eigenvalue weighted by molar-refractivity contribution is 6.01. The third-order valence-corrected chi connectivity index (χ3v) is 12.3. The van der Waals surface area contributed by atoms with Gasteiger partial charge in [0.2, 0.25) is 0 Å². The molecule has 17 nitrogen and oxygen atoms in total. The van der Waals surface area contributed by atoms with E-state index in [1.54, 1.807) is 14.1 Å². The fourth-order valence-electron chi connectivity index (χ4n) is 8.23. The van der Waals surface area contributed by atoms with Crippen molar-refractivity contribution in [3.63, 3.8) is 0 Å². The molecule has 0 fully saturated rings. The molecule has 394 valence electrons. The lowest BCUT2D eigenvalue weighted by Gasteiger charge is -2.29. The second kappa shape index (κ2) is 27.4. The summed E-state index contributed by atoms with van der Waals surface area (Å²) in [7, 11) is 3.14. The van der Waals surface area contributed by atoms with E-state index in [-0.39, 0.29) is 104 Å². The normalized spacial score (nSPS) is 11.3. The van der Waals surface area contributed by atoms with Gasteiger partial charge in [0.15, 0.2) is 23.0 Å². The number of carbonyl (C=O) groups excluding carboxylic acids is 3. The second-order valence-corrected chi connectivity index (χ2v) is 17.9. The molecule has 7 rings (SSSR count). The lowest BCUT2D eigenvalue weighted by atomic mass is 10.1. The highest BCUT2D eigenvalue weighted by Crippen LogP contribution is 2.37. The van der Waals surface area contributed by atoms with Gasteiger partial charge in [-0.3, -0.25) is 28.9 Å². The van der Waals surface area contributed by atoms with Crippen molar-refractivity contribution >= 4 is 23.7 Å². The maximum absolute atomic E-state index is 14.6. The number of hydrogen-bond donors (Lipinski definition) is 4. The number of aromatic carboxylic acids is 1. The average Bonchev–Trinajstić information content (AvgIpc) is 3.46. The maximum atomic E-state index is 14.6. The monoisotopic (exact) mass is 1030 g/mol. The number of aromatic nitrogens is 2. The summed E-state index contributed by atoms with van der Waals surface area (Å²) >= 11 is 0. The van der Waals surface area contributed by atoms with Crippen LogP contribution in [0.4, 0.5) is 0 Å². The van der Waals surface area contributed by atoms with Crippen LogP contribution >= 0.6 is 0 Å². The Morgan fingerprint density at radius 3 is 1.24 bits per heavy atom. The molecule has 1 atom stereocenters. The molecular weight excluding hydrogens is 969 g/mol. The molecule has 0 spiro atoms. The van der Waals surface area contributed by atoms with E-state index < -0.39 is 40.9 Å². The zero-order chi connectivity index (χ0) is 53.8. The summed E-state index contributed by atoms with van der Waals surface area (Å²) in [6, 6.07) is 42.2. The summed E-state index contributed by atoms with van der Waals surface area (Å²) in [5.41, 5.74) is 2.18. The number of amides is 3. The van der Waals surface area contributed by atoms with Gasteiger partial charge in [0.1, 0.15) is 32.0 Å². The summed E-state index contributed by atoms with van der Waals surface area (Å²) in [6.07, 6.45) is 4.13. The Balaban J connectivity index is 1.12. The first kappa shape index (κ1) is 54.8. The molecule has 0 aliphatic rings. The molecule has 5 aromatic carbocycles. The molecule has 2 heterocycles. The number of aryl methyl sites for hydroxylation is 2. The molecule has 0 saturated heterocycles. The molecule has 3 amide bonds. The molecule has 7 aromatic rings. The third kappa shape index (κ3) is 15.1. The van der Waals surface area contributed by atoms with Crippen LogP contribution in [-0.2, 0) is 40.5 Å². The number of pyridine rings is 2. The van der Waals surface area contributed by atoms with E-state index in [0.717, 1.165) is 22.3 Å². The zero-order valence-electron chi connectivity index (χ0n) is 42.7. The van der Waals surface area contributed by atoms with E-state index in [0.29, 0.717) is 12.8 Å². The van der Waals surface area contributed by atoms with Gasteiger partial charge in [0.25, 0.3) is 28.8 Å². The first-order chi connectivity index (χ1) is 36.9. The lowest BCUT2D eigenvalue weighted by molar-refractivity contribution is 0.0688. The quantitative estimate of drug-likeness (QED) is 0.0405. The number of carboxylic acid groups (broad SMARTS) is 1. The van der Waals surface area contributed by atoms with Gasteiger partial charge in [-0.05, 0) is 52.9 Å². The Morgan fingerprint density at radius 1 is 0.500 bits per heavy atom. The minimum absolute atomic E-state index is 0.000288. The molecule has 0 aliphatic heterocycles. The van der Waals surface area contributed by atoms with Gasteiger partial charge in [-0.2, -0.15) is 0 Å². The number of rotatable bonds is 27. The van der Waals surface area contributed by atoms with Crippen LogP contribution in [0.1, 0.15) is 83.5 Å². The molecule has 17 heteroatoms. The van der Waals surface area contributed by atoms with Crippen molar-refractivity contribution in [1.29, 1.82) is 0 Å². The Bertz CT molecular complexity index is 3060. The molecule has 76 heavy (non-hydrogen) atoms. The van der Waals surface area contributed by atoms with Gasteiger partial charge >= 0.3 is 5.97 Å². The van der Waals surface area contributed by atoms with Crippen molar-refractivity contribution in [2.24, 2.45) is 14.1 Å². The number of carbonyl (C=O) groups is 4. The largest absolute Gasteiger partial charge is 0.484 e. The van der Waals surface area contributed by atoms with E-state index in [1.165, 1.54) is 45.8 Å². The van der Waals surface area contributed by atoms with Crippen LogP contribution < -0.4 is 46.0 Å². The van der Waals surface area contributed by atoms with Gasteiger partial charge in [-0.25, -0.2) is 4.79 Å². The van der Waals surface area contributed by atoms with Crippen LogP contribution in [0.5, 0.6) is 23.0 Å². The van der Waals surface area contributed by atoms with Crippen LogP contribution in [-0.4, -0.2) is 81.6 Å². The highest BCUT2D eigenvalue weighted by atomic mass is 16.5.